The van der Waals surface area contributed by atoms with Crippen molar-refractivity contribution in [2.45, 2.75) is 24.2 Å². The largest absolute Gasteiger partial charge is 0.504 e. The van der Waals surface area contributed by atoms with E-state index in [2.05, 4.69) is 21.4 Å². The molecule has 2 N–H and O–H groups in total. The summed E-state index contributed by atoms with van der Waals surface area (Å²) in [5.74, 6) is -5.02. The number of nitrogens with zero attached hydrogens (tertiary/aromatic N) is 2. The van der Waals surface area contributed by atoms with E-state index in [1.165, 1.54) is 25.2 Å². The number of hydrogen-bond donors (Lipinski definition) is 2. The van der Waals surface area contributed by atoms with Crippen molar-refractivity contribution in [3.8, 4) is 17.2 Å². The Morgan fingerprint density at radius 1 is 0.849 bits per heavy atom. The number of rotatable bonds is 7. The van der Waals surface area contributed by atoms with E-state index in [0.29, 0.717) is 33.3 Å². The fourth-order valence-corrected chi connectivity index (χ4v) is 9.66. The molecule has 2 aliphatic carbocycles. The normalized spacial score (nSPS) is 26.2. The molecule has 1 saturated carbocycles. The minimum atomic E-state index is -1.57. The number of carbonyl (C=O) groups excluding carboxylic acids is 4. The first-order chi connectivity index (χ1) is 25.5. The summed E-state index contributed by atoms with van der Waals surface area (Å²) in [4.78, 5) is 60.0. The molecule has 0 bridgehead atoms. The summed E-state index contributed by atoms with van der Waals surface area (Å²) < 4.78 is 11.6. The Morgan fingerprint density at radius 3 is 2.25 bits per heavy atom. The second-order valence-electron chi connectivity index (χ2n) is 13.6. The molecule has 270 valence electrons. The summed E-state index contributed by atoms with van der Waals surface area (Å²) >= 11 is 16.1. The van der Waals surface area contributed by atoms with Crippen molar-refractivity contribution in [1.29, 1.82) is 0 Å². The van der Waals surface area contributed by atoms with E-state index in [9.17, 15) is 19.5 Å². The molecule has 53 heavy (non-hydrogen) atoms. The molecule has 4 aliphatic rings. The van der Waals surface area contributed by atoms with Gasteiger partial charge in [0.2, 0.25) is 11.8 Å². The van der Waals surface area contributed by atoms with Crippen LogP contribution in [-0.2, 0) is 24.6 Å². The molecule has 2 aliphatic heterocycles. The van der Waals surface area contributed by atoms with Crippen LogP contribution in [0.2, 0.25) is 10.0 Å². The second kappa shape index (κ2) is 13.2. The monoisotopic (exact) mass is 815 g/mol. The average molecular weight is 818 g/mol. The zero-order chi connectivity index (χ0) is 37.3. The summed E-state index contributed by atoms with van der Waals surface area (Å²) in [5, 5.41) is 12.7. The Labute approximate surface area is 323 Å². The molecule has 2 heterocycles. The molecule has 3 fully saturated rings. The number of fused-ring (bicyclic) bond motifs is 4. The first kappa shape index (κ1) is 35.2. The van der Waals surface area contributed by atoms with Crippen molar-refractivity contribution in [3.05, 3.63) is 122 Å². The second-order valence-corrected chi connectivity index (χ2v) is 15.4. The molecular weight excluding hydrogens is 785 g/mol. The number of hydrogen-bond acceptors (Lipinski definition) is 8. The van der Waals surface area contributed by atoms with Crippen LogP contribution in [0.5, 0.6) is 17.2 Å². The number of aromatic hydroxyl groups is 1. The highest BCUT2D eigenvalue weighted by Gasteiger charge is 2.70. The van der Waals surface area contributed by atoms with Crippen LogP contribution in [0.4, 0.5) is 11.4 Å². The van der Waals surface area contributed by atoms with E-state index in [0.717, 1.165) is 15.1 Å². The maximum atomic E-state index is 15.4. The SMILES string of the molecule is COc1ccc(C23C(=O)N(Nc4ccc(Cl)cc4Cl)C(=O)C2CC2C(=CCC4C(=O)N(c5ccc(Br)cc5)C(=O)C42)C3c2ccc(OC)c(O)c2)cc1. The van der Waals surface area contributed by atoms with Gasteiger partial charge in [-0.2, -0.15) is 5.01 Å². The number of ether oxygens (including phenoxy) is 2. The first-order valence-corrected chi connectivity index (χ1v) is 18.5. The summed E-state index contributed by atoms with van der Waals surface area (Å²) in [6.07, 6.45) is 2.31. The number of phenolic OH excluding ortho intramolecular Hbond substituents is 1. The van der Waals surface area contributed by atoms with E-state index in [-0.39, 0.29) is 41.2 Å². The average Bonchev–Trinajstić information content (AvgIpc) is 3.53. The Kier molecular flexibility index (Phi) is 8.79. The van der Waals surface area contributed by atoms with Gasteiger partial charge in [0, 0.05) is 15.4 Å². The molecule has 0 aromatic heterocycles. The lowest BCUT2D eigenvalue weighted by Crippen LogP contribution is -2.53. The van der Waals surface area contributed by atoms with Crippen LogP contribution in [0.25, 0.3) is 0 Å². The van der Waals surface area contributed by atoms with Gasteiger partial charge in [0.1, 0.15) is 5.75 Å². The quantitative estimate of drug-likeness (QED) is 0.144. The molecule has 13 heteroatoms. The molecule has 6 atom stereocenters. The summed E-state index contributed by atoms with van der Waals surface area (Å²) in [6.45, 7) is 0. The van der Waals surface area contributed by atoms with Crippen LogP contribution in [0.3, 0.4) is 0 Å². The number of carbonyl (C=O) groups is 4. The fourth-order valence-electron chi connectivity index (χ4n) is 8.95. The van der Waals surface area contributed by atoms with Gasteiger partial charge in [-0.05, 0) is 96.6 Å². The smallest absolute Gasteiger partial charge is 0.260 e. The zero-order valence-electron chi connectivity index (χ0n) is 28.4. The van der Waals surface area contributed by atoms with E-state index in [4.69, 9.17) is 32.7 Å². The maximum absolute atomic E-state index is 15.4. The van der Waals surface area contributed by atoms with Crippen molar-refractivity contribution < 1.29 is 33.8 Å². The van der Waals surface area contributed by atoms with Crippen LogP contribution >= 0.6 is 39.1 Å². The van der Waals surface area contributed by atoms with Crippen LogP contribution in [0.1, 0.15) is 29.9 Å². The molecule has 4 aromatic carbocycles. The topological polar surface area (TPSA) is 125 Å². The minimum Gasteiger partial charge on any atom is -0.504 e. The minimum absolute atomic E-state index is 0.0992. The molecule has 4 amide bonds. The molecule has 0 spiro atoms. The zero-order valence-corrected chi connectivity index (χ0v) is 31.5. The molecule has 8 rings (SSSR count). The Morgan fingerprint density at radius 2 is 1.58 bits per heavy atom. The van der Waals surface area contributed by atoms with Gasteiger partial charge >= 0.3 is 0 Å². The molecule has 0 radical (unpaired) electrons. The number of hydrazine groups is 1. The number of benzene rings is 4. The highest BCUT2D eigenvalue weighted by Crippen LogP contribution is 2.64. The lowest BCUT2D eigenvalue weighted by atomic mass is 9.49. The number of phenols is 1. The van der Waals surface area contributed by atoms with E-state index in [1.54, 1.807) is 78.9 Å². The molecule has 10 nitrogen and oxygen atoms in total. The molecule has 4 aromatic rings. The number of halogens is 3. The Bertz CT molecular complexity index is 2230. The van der Waals surface area contributed by atoms with E-state index < -0.39 is 46.8 Å². The maximum Gasteiger partial charge on any atom is 0.260 e. The molecule has 6 unspecified atom stereocenters. The number of amides is 4. The Hall–Kier alpha value is -4.84. The first-order valence-electron chi connectivity index (χ1n) is 16.9. The van der Waals surface area contributed by atoms with Gasteiger partial charge in [-0.3, -0.25) is 29.5 Å². The molecule has 2 saturated heterocycles. The summed E-state index contributed by atoms with van der Waals surface area (Å²) in [7, 11) is 2.98. The van der Waals surface area contributed by atoms with Gasteiger partial charge in [0.05, 0.1) is 53.8 Å². The van der Waals surface area contributed by atoms with Crippen molar-refractivity contribution in [2.24, 2.45) is 23.7 Å². The fraction of sp³-hybridized carbons (Fsp3) is 0.250. The number of allylic oxidation sites excluding steroid dienone is 2. The number of imide groups is 2. The van der Waals surface area contributed by atoms with Crippen LogP contribution in [0.15, 0.2) is 101 Å². The van der Waals surface area contributed by atoms with Gasteiger partial charge in [-0.15, -0.1) is 0 Å². The van der Waals surface area contributed by atoms with Crippen LogP contribution in [-0.4, -0.2) is 48.0 Å². The van der Waals surface area contributed by atoms with Gasteiger partial charge in [-0.25, -0.2) is 0 Å². The highest BCUT2D eigenvalue weighted by atomic mass is 79.9. The van der Waals surface area contributed by atoms with Crippen molar-refractivity contribution in [3.63, 3.8) is 0 Å². The number of methoxy groups -OCH3 is 2. The van der Waals surface area contributed by atoms with E-state index >= 15 is 4.79 Å². The van der Waals surface area contributed by atoms with Crippen LogP contribution < -0.4 is 19.8 Å². The third kappa shape index (κ3) is 5.34. The van der Waals surface area contributed by atoms with E-state index in [1.807, 2.05) is 6.08 Å². The number of anilines is 2. The van der Waals surface area contributed by atoms with Gasteiger partial charge < -0.3 is 14.6 Å². The lowest BCUT2D eigenvalue weighted by Gasteiger charge is -2.50. The summed E-state index contributed by atoms with van der Waals surface area (Å²) in [6, 6.07) is 23.6. The van der Waals surface area contributed by atoms with Crippen molar-refractivity contribution in [1.82, 2.24) is 5.01 Å². The van der Waals surface area contributed by atoms with Crippen LogP contribution in [0, 0.1) is 23.7 Å². The van der Waals surface area contributed by atoms with Gasteiger partial charge in [0.25, 0.3) is 11.8 Å². The third-order valence-corrected chi connectivity index (χ3v) is 12.3. The number of nitrogens with one attached hydrogen (secondary N) is 1. The molecular formula is C40H32BrCl2N3O7. The van der Waals surface area contributed by atoms with Gasteiger partial charge in [-0.1, -0.05) is 69.0 Å². The predicted molar refractivity (Wildman–Crippen MR) is 202 cm³/mol. The lowest BCUT2D eigenvalue weighted by molar-refractivity contribution is -0.138. The van der Waals surface area contributed by atoms with Crippen molar-refractivity contribution >= 4 is 74.1 Å². The standard InChI is InChI=1S/C40H32BrCl2N3O7/c1-52-25-11-4-21(5-12-25)40-29(37(49)46(39(40)51)44-31-15-8-23(42)18-30(31)43)19-28-26(35(40)20-3-16-33(53-2)32(47)17-20)13-14-27-34(28)38(50)45(36(27)48)24-9-6-22(41)7-10-24/h3-13,15-18,27-29,34-35,44,47H,14,19H2,1-2H3. The summed E-state index contributed by atoms with van der Waals surface area (Å²) in [5.41, 5.74) is 3.99. The predicted octanol–water partition coefficient (Wildman–Crippen LogP) is 7.67. The van der Waals surface area contributed by atoms with Crippen molar-refractivity contribution in [2.75, 3.05) is 24.5 Å². The van der Waals surface area contributed by atoms with Gasteiger partial charge in [0.15, 0.2) is 11.5 Å². The third-order valence-electron chi connectivity index (χ3n) is 11.2. The highest BCUT2D eigenvalue weighted by molar-refractivity contribution is 9.10. The Balaban J connectivity index is 1.33.